The first-order valence-electron chi connectivity index (χ1n) is 11.6. The number of oxazole rings is 1. The van der Waals surface area contributed by atoms with Gasteiger partial charge in [0.1, 0.15) is 17.7 Å². The number of carbonyl (C=O) groups excluding carboxylic acids is 3. The molecule has 0 bridgehead atoms. The third kappa shape index (κ3) is 3.96. The van der Waals surface area contributed by atoms with Crippen LogP contribution in [0.4, 0.5) is 10.5 Å². The number of ether oxygens (including phenoxy) is 1. The highest BCUT2D eigenvalue weighted by Crippen LogP contribution is 2.36. The van der Waals surface area contributed by atoms with E-state index in [2.05, 4.69) is 25.6 Å². The summed E-state index contributed by atoms with van der Waals surface area (Å²) in [5.41, 5.74) is 1.26. The molecule has 11 heteroatoms. The van der Waals surface area contributed by atoms with Gasteiger partial charge in [-0.05, 0) is 55.3 Å². The van der Waals surface area contributed by atoms with Gasteiger partial charge in [0.05, 0.1) is 17.6 Å². The van der Waals surface area contributed by atoms with E-state index in [0.717, 1.165) is 11.3 Å². The summed E-state index contributed by atoms with van der Waals surface area (Å²) in [6, 6.07) is 15.4. The highest BCUT2D eigenvalue weighted by atomic mass is 16.5. The van der Waals surface area contributed by atoms with Gasteiger partial charge in [-0.2, -0.15) is 0 Å². The van der Waals surface area contributed by atoms with E-state index in [1.807, 2.05) is 30.3 Å². The number of pyridine rings is 2. The van der Waals surface area contributed by atoms with Crippen LogP contribution in [0.25, 0.3) is 22.8 Å². The van der Waals surface area contributed by atoms with Crippen LogP contribution in [0, 0.1) is 0 Å². The number of amides is 4. The van der Waals surface area contributed by atoms with Crippen LogP contribution in [0.3, 0.4) is 0 Å². The highest BCUT2D eigenvalue weighted by Gasteiger charge is 2.57. The van der Waals surface area contributed by atoms with Crippen molar-refractivity contribution in [2.45, 2.75) is 18.4 Å². The summed E-state index contributed by atoms with van der Waals surface area (Å²) in [4.78, 5) is 51.6. The molecule has 3 aromatic heterocycles. The summed E-state index contributed by atoms with van der Waals surface area (Å²) in [5, 5.41) is 4.40. The summed E-state index contributed by atoms with van der Waals surface area (Å²) < 4.78 is 11.5. The molecule has 11 nitrogen and oxygen atoms in total. The summed E-state index contributed by atoms with van der Waals surface area (Å²) >= 11 is 0. The normalized spacial score (nSPS) is 16.5. The first-order valence-corrected chi connectivity index (χ1v) is 11.6. The van der Waals surface area contributed by atoms with Gasteiger partial charge in [0.25, 0.3) is 11.8 Å². The van der Waals surface area contributed by atoms with Crippen LogP contribution in [0.15, 0.2) is 77.7 Å². The average molecular weight is 496 g/mol. The topological polar surface area (TPSA) is 140 Å². The van der Waals surface area contributed by atoms with Crippen molar-refractivity contribution in [3.63, 3.8) is 0 Å². The lowest BCUT2D eigenvalue weighted by Crippen LogP contribution is -2.71. The number of nitrogens with zero attached hydrogens (tertiary/aromatic N) is 4. The SMILES string of the molecule is O=C1NC(=O)C2(CCCN2c2ccc(Oc3ccc(-c4nc(-c5ccccn5)co4)cc3)nc2)C(=O)N1. The van der Waals surface area contributed by atoms with Crippen LogP contribution < -0.4 is 20.3 Å². The molecule has 4 aromatic rings. The summed E-state index contributed by atoms with van der Waals surface area (Å²) in [6.07, 6.45) is 5.73. The van der Waals surface area contributed by atoms with E-state index in [1.165, 1.54) is 0 Å². The third-order valence-corrected chi connectivity index (χ3v) is 6.37. The van der Waals surface area contributed by atoms with Crippen LogP contribution in [-0.4, -0.2) is 44.9 Å². The van der Waals surface area contributed by atoms with Crippen molar-refractivity contribution >= 4 is 23.5 Å². The van der Waals surface area contributed by atoms with E-state index in [0.29, 0.717) is 48.3 Å². The number of carbonyl (C=O) groups is 3. The Morgan fingerprint density at radius 3 is 2.43 bits per heavy atom. The molecule has 2 aliphatic rings. The Morgan fingerprint density at radius 1 is 0.919 bits per heavy atom. The molecule has 1 aromatic carbocycles. The summed E-state index contributed by atoms with van der Waals surface area (Å²) in [6.45, 7) is 0.473. The highest BCUT2D eigenvalue weighted by molar-refractivity contribution is 6.24. The van der Waals surface area contributed by atoms with E-state index in [1.54, 1.807) is 47.8 Å². The lowest BCUT2D eigenvalue weighted by Gasteiger charge is -2.38. The number of anilines is 1. The Morgan fingerprint density at radius 2 is 1.73 bits per heavy atom. The molecular formula is C26H20N6O5. The molecule has 184 valence electrons. The summed E-state index contributed by atoms with van der Waals surface area (Å²) in [7, 11) is 0. The molecule has 2 N–H and O–H groups in total. The Hall–Kier alpha value is -5.06. The monoisotopic (exact) mass is 496 g/mol. The first kappa shape index (κ1) is 22.4. The van der Waals surface area contributed by atoms with Gasteiger partial charge in [0, 0.05) is 24.4 Å². The number of benzene rings is 1. The maximum absolute atomic E-state index is 12.6. The van der Waals surface area contributed by atoms with Gasteiger partial charge in [-0.25, -0.2) is 14.8 Å². The Bertz CT molecular complexity index is 1460. The Kier molecular flexibility index (Phi) is 5.37. The van der Waals surface area contributed by atoms with Gasteiger partial charge < -0.3 is 14.1 Å². The van der Waals surface area contributed by atoms with Gasteiger partial charge >= 0.3 is 6.03 Å². The lowest BCUT2D eigenvalue weighted by molar-refractivity contribution is -0.137. The Balaban J connectivity index is 1.16. The van der Waals surface area contributed by atoms with Gasteiger partial charge in [-0.1, -0.05) is 6.07 Å². The zero-order valence-electron chi connectivity index (χ0n) is 19.4. The number of hydrogen-bond acceptors (Lipinski definition) is 9. The van der Waals surface area contributed by atoms with Crippen LogP contribution in [0.2, 0.25) is 0 Å². The van der Waals surface area contributed by atoms with Crippen LogP contribution >= 0.6 is 0 Å². The zero-order valence-corrected chi connectivity index (χ0v) is 19.4. The van der Waals surface area contributed by atoms with Crippen LogP contribution in [-0.2, 0) is 9.59 Å². The second kappa shape index (κ2) is 8.86. The molecule has 37 heavy (non-hydrogen) atoms. The maximum Gasteiger partial charge on any atom is 0.328 e. The van der Waals surface area contributed by atoms with E-state index in [-0.39, 0.29) is 0 Å². The van der Waals surface area contributed by atoms with Crippen molar-refractivity contribution < 1.29 is 23.5 Å². The number of hydrogen-bond donors (Lipinski definition) is 2. The van der Waals surface area contributed by atoms with Gasteiger partial charge in [0.15, 0.2) is 5.54 Å². The molecular weight excluding hydrogens is 476 g/mol. The molecule has 1 spiro atoms. The number of rotatable bonds is 5. The predicted octanol–water partition coefficient (Wildman–Crippen LogP) is 3.30. The molecule has 0 radical (unpaired) electrons. The number of urea groups is 1. The molecule has 0 atom stereocenters. The second-order valence-electron chi connectivity index (χ2n) is 8.59. The molecule has 0 aliphatic carbocycles. The largest absolute Gasteiger partial charge is 0.444 e. The van der Waals surface area contributed by atoms with Crippen molar-refractivity contribution in [1.82, 2.24) is 25.6 Å². The van der Waals surface area contributed by atoms with Crippen molar-refractivity contribution in [3.05, 3.63) is 73.3 Å². The third-order valence-electron chi connectivity index (χ3n) is 6.37. The van der Waals surface area contributed by atoms with Crippen molar-refractivity contribution in [1.29, 1.82) is 0 Å². The van der Waals surface area contributed by atoms with E-state index < -0.39 is 23.4 Å². The standard InChI is InChI=1S/C26H20N6O5/c33-23-26(24(34)31-25(35)30-23)11-3-13-32(26)17-7-10-21(28-14-17)37-18-8-5-16(6-9-18)22-29-20(15-36-22)19-4-1-2-12-27-19/h1-2,4-10,12,14-15H,3,11,13H2,(H2,30,31,33,34,35). The fraction of sp³-hybridized carbons (Fsp3) is 0.154. The molecule has 6 rings (SSSR count). The summed E-state index contributed by atoms with van der Waals surface area (Å²) in [5.74, 6) is 0.107. The van der Waals surface area contributed by atoms with E-state index in [4.69, 9.17) is 9.15 Å². The van der Waals surface area contributed by atoms with Crippen LogP contribution in [0.1, 0.15) is 12.8 Å². The van der Waals surface area contributed by atoms with Gasteiger partial charge in [0.2, 0.25) is 11.8 Å². The number of imide groups is 2. The van der Waals surface area contributed by atoms with Crippen LogP contribution in [0.5, 0.6) is 11.6 Å². The first-order chi connectivity index (χ1) is 18.0. The predicted molar refractivity (Wildman–Crippen MR) is 130 cm³/mol. The van der Waals surface area contributed by atoms with Crippen molar-refractivity contribution in [2.75, 3.05) is 11.4 Å². The lowest BCUT2D eigenvalue weighted by atomic mass is 9.92. The molecule has 0 unspecified atom stereocenters. The smallest absolute Gasteiger partial charge is 0.328 e. The molecule has 0 saturated carbocycles. The number of aromatic nitrogens is 3. The second-order valence-corrected chi connectivity index (χ2v) is 8.59. The number of nitrogens with one attached hydrogen (secondary N) is 2. The Labute approximate surface area is 210 Å². The van der Waals surface area contributed by atoms with Gasteiger partial charge in [-0.3, -0.25) is 25.2 Å². The van der Waals surface area contributed by atoms with Gasteiger partial charge in [-0.15, -0.1) is 0 Å². The minimum absolute atomic E-state index is 0.302. The molecule has 2 aliphatic heterocycles. The minimum Gasteiger partial charge on any atom is -0.444 e. The van der Waals surface area contributed by atoms with E-state index in [9.17, 15) is 14.4 Å². The fourth-order valence-corrected chi connectivity index (χ4v) is 4.60. The minimum atomic E-state index is -1.47. The number of barbiturate groups is 1. The fourth-order valence-electron chi connectivity index (χ4n) is 4.60. The van der Waals surface area contributed by atoms with E-state index >= 15 is 0 Å². The molecule has 2 fully saturated rings. The average Bonchev–Trinajstić information content (AvgIpc) is 3.58. The molecule has 4 amide bonds. The molecule has 5 heterocycles. The quantitative estimate of drug-likeness (QED) is 0.398. The van der Waals surface area contributed by atoms with Crippen molar-refractivity contribution in [2.24, 2.45) is 0 Å². The maximum atomic E-state index is 12.6. The zero-order chi connectivity index (χ0) is 25.4. The molecule has 2 saturated heterocycles. The van der Waals surface area contributed by atoms with Crippen molar-refractivity contribution in [3.8, 4) is 34.5 Å².